The fourth-order valence-corrected chi connectivity index (χ4v) is 0.977. The average Bonchev–Trinajstić information content (AvgIpc) is 2.49. The second-order valence-electron chi connectivity index (χ2n) is 2.75. The molecule has 2 N–H and O–H groups in total. The zero-order valence-electron chi connectivity index (χ0n) is 7.41. The molecule has 7 heteroatoms. The number of nitrogens with zero attached hydrogens (tertiary/aromatic N) is 3. The van der Waals surface area contributed by atoms with E-state index < -0.39 is 18.0 Å². The van der Waals surface area contributed by atoms with Crippen LogP contribution in [0.15, 0.2) is 6.20 Å². The third kappa shape index (κ3) is 2.06. The van der Waals surface area contributed by atoms with Gasteiger partial charge in [-0.25, -0.2) is 9.48 Å². The molecule has 0 aliphatic rings. The van der Waals surface area contributed by atoms with E-state index in [9.17, 15) is 9.59 Å². The van der Waals surface area contributed by atoms with Gasteiger partial charge in [0.15, 0.2) is 0 Å². The first-order valence-electron chi connectivity index (χ1n) is 3.86. The van der Waals surface area contributed by atoms with E-state index in [0.29, 0.717) is 0 Å². The molecule has 1 aromatic heterocycles. The van der Waals surface area contributed by atoms with Crippen LogP contribution in [-0.2, 0) is 16.0 Å². The van der Waals surface area contributed by atoms with E-state index in [-0.39, 0.29) is 12.1 Å². The quantitative estimate of drug-likeness (QED) is 0.680. The maximum atomic E-state index is 10.6. The van der Waals surface area contributed by atoms with Crippen molar-refractivity contribution in [2.75, 3.05) is 0 Å². The maximum Gasteiger partial charge on any atom is 0.328 e. The fourth-order valence-electron chi connectivity index (χ4n) is 0.977. The Kier molecular flexibility index (Phi) is 2.80. The average molecular weight is 199 g/mol. The smallest absolute Gasteiger partial charge is 0.328 e. The first-order chi connectivity index (χ1) is 6.52. The summed E-state index contributed by atoms with van der Waals surface area (Å²) < 4.78 is 1.08. The van der Waals surface area contributed by atoms with Crippen LogP contribution in [0.2, 0.25) is 0 Å². The Morgan fingerprint density at radius 3 is 2.71 bits per heavy atom. The zero-order valence-corrected chi connectivity index (χ0v) is 7.41. The van der Waals surface area contributed by atoms with Crippen molar-refractivity contribution < 1.29 is 19.8 Å². The van der Waals surface area contributed by atoms with Crippen molar-refractivity contribution >= 4 is 11.9 Å². The number of carboxylic acid groups (broad SMARTS) is 2. The normalized spacial score (nSPS) is 12.4. The topological polar surface area (TPSA) is 105 Å². The number of aliphatic carboxylic acids is 2. The first-order valence-corrected chi connectivity index (χ1v) is 3.86. The van der Waals surface area contributed by atoms with Gasteiger partial charge in [-0.05, 0) is 6.92 Å². The molecule has 1 aromatic rings. The summed E-state index contributed by atoms with van der Waals surface area (Å²) in [6, 6.07) is -0.910. The maximum absolute atomic E-state index is 10.6. The van der Waals surface area contributed by atoms with Gasteiger partial charge in [0.2, 0.25) is 0 Å². The van der Waals surface area contributed by atoms with Gasteiger partial charge >= 0.3 is 11.9 Å². The van der Waals surface area contributed by atoms with Crippen LogP contribution in [0.4, 0.5) is 0 Å². The van der Waals surface area contributed by atoms with Crippen molar-refractivity contribution in [2.45, 2.75) is 19.4 Å². The Bertz CT molecular complexity index is 360. The fraction of sp³-hybridized carbons (Fsp3) is 0.429. The standard InChI is InChI=1S/C7H9N3O4/c1-4(7(13)14)10-5(2-6(11)12)3-8-9-10/h3-4H,2H2,1H3,(H,11,12)(H,13,14). The molecule has 1 heterocycles. The molecule has 0 aromatic carbocycles. The Hall–Kier alpha value is -1.92. The second-order valence-corrected chi connectivity index (χ2v) is 2.75. The van der Waals surface area contributed by atoms with E-state index in [0.717, 1.165) is 4.68 Å². The number of rotatable bonds is 4. The van der Waals surface area contributed by atoms with Gasteiger partial charge in [0.1, 0.15) is 6.04 Å². The highest BCUT2D eigenvalue weighted by Crippen LogP contribution is 2.08. The van der Waals surface area contributed by atoms with Gasteiger partial charge in [-0.1, -0.05) is 5.21 Å². The molecule has 0 aliphatic heterocycles. The molecule has 1 atom stereocenters. The van der Waals surface area contributed by atoms with Crippen molar-refractivity contribution in [3.8, 4) is 0 Å². The van der Waals surface area contributed by atoms with Gasteiger partial charge in [-0.15, -0.1) is 5.10 Å². The third-order valence-corrected chi connectivity index (χ3v) is 1.71. The lowest BCUT2D eigenvalue weighted by molar-refractivity contribution is -0.141. The Balaban J connectivity index is 2.92. The summed E-state index contributed by atoms with van der Waals surface area (Å²) in [5.41, 5.74) is 0.271. The summed E-state index contributed by atoms with van der Waals surface area (Å²) in [6.07, 6.45) is 0.957. The molecule has 7 nitrogen and oxygen atoms in total. The first kappa shape index (κ1) is 10.2. The highest BCUT2D eigenvalue weighted by atomic mass is 16.4. The summed E-state index contributed by atoms with van der Waals surface area (Å²) in [6.45, 7) is 1.41. The molecule has 0 aliphatic carbocycles. The Morgan fingerprint density at radius 1 is 1.57 bits per heavy atom. The van der Waals surface area contributed by atoms with Gasteiger partial charge in [-0.3, -0.25) is 4.79 Å². The van der Waals surface area contributed by atoms with E-state index in [1.165, 1.54) is 13.1 Å². The number of carboxylic acids is 2. The van der Waals surface area contributed by atoms with Crippen molar-refractivity contribution in [1.82, 2.24) is 15.0 Å². The summed E-state index contributed by atoms with van der Waals surface area (Å²) >= 11 is 0. The van der Waals surface area contributed by atoms with Gasteiger partial charge in [0, 0.05) is 0 Å². The second kappa shape index (κ2) is 3.86. The molecule has 0 radical (unpaired) electrons. The van der Waals surface area contributed by atoms with Crippen molar-refractivity contribution in [1.29, 1.82) is 0 Å². The summed E-state index contributed by atoms with van der Waals surface area (Å²) in [5.74, 6) is -2.13. The molecule has 76 valence electrons. The van der Waals surface area contributed by atoms with Crippen LogP contribution < -0.4 is 0 Å². The van der Waals surface area contributed by atoms with Gasteiger partial charge < -0.3 is 10.2 Å². The largest absolute Gasteiger partial charge is 0.481 e. The molecule has 0 bridgehead atoms. The van der Waals surface area contributed by atoms with E-state index in [4.69, 9.17) is 10.2 Å². The molecule has 1 unspecified atom stereocenters. The van der Waals surface area contributed by atoms with Crippen molar-refractivity contribution in [3.05, 3.63) is 11.9 Å². The van der Waals surface area contributed by atoms with E-state index in [1.54, 1.807) is 0 Å². The number of aromatic nitrogens is 3. The molecule has 0 saturated carbocycles. The van der Waals surface area contributed by atoms with Crippen LogP contribution in [0.3, 0.4) is 0 Å². The van der Waals surface area contributed by atoms with Crippen LogP contribution >= 0.6 is 0 Å². The molecule has 1 rings (SSSR count). The molecular weight excluding hydrogens is 190 g/mol. The predicted octanol–water partition coefficient (Wildman–Crippen LogP) is -0.449. The SMILES string of the molecule is CC(C(=O)O)n1nncc1CC(=O)O. The van der Waals surface area contributed by atoms with E-state index in [2.05, 4.69) is 10.3 Å². The molecule has 0 amide bonds. The Labute approximate surface area is 79.0 Å². The number of hydrogen-bond donors (Lipinski definition) is 2. The Morgan fingerprint density at radius 2 is 2.21 bits per heavy atom. The van der Waals surface area contributed by atoms with Crippen LogP contribution in [0.1, 0.15) is 18.7 Å². The minimum Gasteiger partial charge on any atom is -0.481 e. The van der Waals surface area contributed by atoms with Gasteiger partial charge in [0.05, 0.1) is 18.3 Å². The lowest BCUT2D eigenvalue weighted by Gasteiger charge is -2.08. The van der Waals surface area contributed by atoms with Crippen LogP contribution in [0, 0.1) is 0 Å². The third-order valence-electron chi connectivity index (χ3n) is 1.71. The van der Waals surface area contributed by atoms with E-state index >= 15 is 0 Å². The van der Waals surface area contributed by atoms with Crippen molar-refractivity contribution in [2.24, 2.45) is 0 Å². The van der Waals surface area contributed by atoms with Crippen molar-refractivity contribution in [3.63, 3.8) is 0 Å². The summed E-state index contributed by atoms with van der Waals surface area (Å²) in [7, 11) is 0. The summed E-state index contributed by atoms with van der Waals surface area (Å²) in [5, 5.41) is 24.2. The van der Waals surface area contributed by atoms with Gasteiger partial charge in [0.25, 0.3) is 0 Å². The molecule has 0 spiro atoms. The highest BCUT2D eigenvalue weighted by Gasteiger charge is 2.18. The lowest BCUT2D eigenvalue weighted by atomic mass is 10.3. The van der Waals surface area contributed by atoms with Gasteiger partial charge in [-0.2, -0.15) is 0 Å². The minimum atomic E-state index is -1.08. The lowest BCUT2D eigenvalue weighted by Crippen LogP contribution is -2.20. The molecule has 14 heavy (non-hydrogen) atoms. The van der Waals surface area contributed by atoms with Crippen LogP contribution in [0.25, 0.3) is 0 Å². The highest BCUT2D eigenvalue weighted by molar-refractivity contribution is 5.72. The summed E-state index contributed by atoms with van der Waals surface area (Å²) in [4.78, 5) is 21.0. The monoisotopic (exact) mass is 199 g/mol. The molecule has 0 saturated heterocycles. The molecule has 0 fully saturated rings. The molecular formula is C7H9N3O4. The predicted molar refractivity (Wildman–Crippen MR) is 43.7 cm³/mol. The number of hydrogen-bond acceptors (Lipinski definition) is 4. The van der Waals surface area contributed by atoms with Crippen LogP contribution in [0.5, 0.6) is 0 Å². The zero-order chi connectivity index (χ0) is 10.7. The van der Waals surface area contributed by atoms with E-state index in [1.807, 2.05) is 0 Å². The number of carbonyl (C=O) groups is 2. The van der Waals surface area contributed by atoms with Crippen LogP contribution in [-0.4, -0.2) is 37.1 Å². The minimum absolute atomic E-state index is 0.271.